The highest BCUT2D eigenvalue weighted by Crippen LogP contribution is 2.72. The first-order valence-corrected chi connectivity index (χ1v) is 12.5. The zero-order valence-corrected chi connectivity index (χ0v) is 20.0. The summed E-state index contributed by atoms with van der Waals surface area (Å²) in [7, 11) is 1.44. The zero-order chi connectivity index (χ0) is 22.8. The molecule has 0 unspecified atom stereocenters. The van der Waals surface area contributed by atoms with Crippen LogP contribution in [0.15, 0.2) is 0 Å². The van der Waals surface area contributed by atoms with E-state index in [0.29, 0.717) is 30.6 Å². The van der Waals surface area contributed by atoms with Gasteiger partial charge >= 0.3 is 5.97 Å². The third-order valence-electron chi connectivity index (χ3n) is 11.1. The molecule has 176 valence electrons. The van der Waals surface area contributed by atoms with Crippen LogP contribution in [0.5, 0.6) is 0 Å². The van der Waals surface area contributed by atoms with Crippen molar-refractivity contribution in [1.82, 2.24) is 0 Å². The van der Waals surface area contributed by atoms with E-state index < -0.39 is 12.2 Å². The van der Waals surface area contributed by atoms with E-state index in [0.717, 1.165) is 44.9 Å². The maximum absolute atomic E-state index is 13.7. The fourth-order valence-electron chi connectivity index (χ4n) is 8.97. The second-order valence-electron chi connectivity index (χ2n) is 12.1. The van der Waals surface area contributed by atoms with Gasteiger partial charge in [0.2, 0.25) is 0 Å². The molecule has 31 heavy (non-hydrogen) atoms. The van der Waals surface area contributed by atoms with E-state index in [2.05, 4.69) is 27.7 Å². The number of methoxy groups -OCH3 is 1. The Balaban J connectivity index is 1.62. The molecule has 10 atom stereocenters. The van der Waals surface area contributed by atoms with Crippen molar-refractivity contribution in [3.05, 3.63) is 0 Å². The molecular formula is C26H42O5. The van der Waals surface area contributed by atoms with E-state index in [-0.39, 0.29) is 39.8 Å². The molecule has 0 radical (unpaired) electrons. The third-order valence-corrected chi connectivity index (χ3v) is 11.1. The highest BCUT2D eigenvalue weighted by atomic mass is 16.5. The summed E-state index contributed by atoms with van der Waals surface area (Å²) in [6, 6.07) is 0. The Kier molecular flexibility index (Phi) is 5.87. The molecule has 4 aliphatic rings. The number of hydrogen-bond acceptors (Lipinski definition) is 5. The highest BCUT2D eigenvalue weighted by molar-refractivity contribution is 5.88. The number of rotatable bonds is 4. The van der Waals surface area contributed by atoms with Gasteiger partial charge in [0.25, 0.3) is 0 Å². The van der Waals surface area contributed by atoms with Crippen LogP contribution < -0.4 is 0 Å². The van der Waals surface area contributed by atoms with Gasteiger partial charge in [-0.25, -0.2) is 0 Å². The van der Waals surface area contributed by atoms with Gasteiger partial charge < -0.3 is 14.9 Å². The van der Waals surface area contributed by atoms with Gasteiger partial charge in [0.05, 0.1) is 13.2 Å². The molecule has 0 saturated heterocycles. The third kappa shape index (κ3) is 3.24. The Morgan fingerprint density at radius 3 is 2.45 bits per heavy atom. The van der Waals surface area contributed by atoms with Gasteiger partial charge in [0, 0.05) is 18.3 Å². The van der Waals surface area contributed by atoms with Gasteiger partial charge in [-0.2, -0.15) is 0 Å². The number of ether oxygens (including phenoxy) is 1. The molecule has 5 nitrogen and oxygen atoms in total. The molecule has 5 heteroatoms. The first-order valence-electron chi connectivity index (χ1n) is 12.5. The van der Waals surface area contributed by atoms with Crippen LogP contribution in [0, 0.1) is 45.8 Å². The topological polar surface area (TPSA) is 83.8 Å². The Hall–Kier alpha value is -0.940. The Morgan fingerprint density at radius 1 is 1.06 bits per heavy atom. The van der Waals surface area contributed by atoms with E-state index in [1.54, 1.807) is 0 Å². The average Bonchev–Trinajstić information content (AvgIpc) is 3.09. The van der Waals surface area contributed by atoms with Gasteiger partial charge in [-0.15, -0.1) is 0 Å². The SMILES string of the molecule is COC(=O)CC[C@@H](C)[C@H]1CC[C@H]2[C@@H]3C(=O)[C@H](O)[C@@H]4C[C@H](O)CC[C@]4(C)[C@@]3(C)CC[C@]12C. The number of ketones is 1. The standard InChI is InChI=1S/C26H42O5/c1-15(6-9-20(28)31-5)17-7-8-18-21-23(30)22(29)19-14-16(27)10-11-25(19,3)26(21,4)13-12-24(17,18)2/h15-19,21-22,27,29H,6-14H2,1-5H3/t15-,16-,17-,18+,19+,21-,22-,24-,25+,26+/m1/s1. The number of fused-ring (bicyclic) bond motifs is 5. The fourth-order valence-corrected chi connectivity index (χ4v) is 8.97. The summed E-state index contributed by atoms with van der Waals surface area (Å²) < 4.78 is 4.84. The number of esters is 1. The number of hydrogen-bond donors (Lipinski definition) is 2. The van der Waals surface area contributed by atoms with Crippen molar-refractivity contribution in [3.63, 3.8) is 0 Å². The van der Waals surface area contributed by atoms with Crippen molar-refractivity contribution in [2.75, 3.05) is 7.11 Å². The van der Waals surface area contributed by atoms with Crippen LogP contribution in [-0.4, -0.2) is 41.3 Å². The van der Waals surface area contributed by atoms with Crippen LogP contribution in [0.25, 0.3) is 0 Å². The first-order chi connectivity index (χ1) is 14.5. The van der Waals surface area contributed by atoms with E-state index in [9.17, 15) is 19.8 Å². The lowest BCUT2D eigenvalue weighted by atomic mass is 9.37. The van der Waals surface area contributed by atoms with E-state index >= 15 is 0 Å². The van der Waals surface area contributed by atoms with Crippen LogP contribution in [0.1, 0.15) is 85.5 Å². The monoisotopic (exact) mass is 434 g/mol. The van der Waals surface area contributed by atoms with Crippen LogP contribution in [0.3, 0.4) is 0 Å². The molecule has 0 spiro atoms. The smallest absolute Gasteiger partial charge is 0.305 e. The molecule has 0 heterocycles. The molecule has 0 aromatic heterocycles. The minimum Gasteiger partial charge on any atom is -0.469 e. The summed E-state index contributed by atoms with van der Waals surface area (Å²) in [5.74, 6) is 0.861. The Labute approximate surface area is 187 Å². The Morgan fingerprint density at radius 2 is 1.77 bits per heavy atom. The second-order valence-corrected chi connectivity index (χ2v) is 12.1. The zero-order valence-electron chi connectivity index (χ0n) is 20.0. The first kappa shape index (κ1) is 23.2. The molecule has 0 amide bonds. The van der Waals surface area contributed by atoms with E-state index in [4.69, 9.17) is 4.74 Å². The predicted octanol–water partition coefficient (Wildman–Crippen LogP) is 4.14. The van der Waals surface area contributed by atoms with E-state index in [1.165, 1.54) is 7.11 Å². The van der Waals surface area contributed by atoms with Gasteiger partial charge in [-0.05, 0) is 85.4 Å². The second kappa shape index (κ2) is 7.83. The Bertz CT molecular complexity index is 735. The van der Waals surface area contributed by atoms with Crippen LogP contribution in [0.4, 0.5) is 0 Å². The summed E-state index contributed by atoms with van der Waals surface area (Å²) in [5.41, 5.74) is -0.158. The maximum Gasteiger partial charge on any atom is 0.305 e. The number of aliphatic hydroxyl groups is 2. The van der Waals surface area contributed by atoms with Crippen molar-refractivity contribution >= 4 is 11.8 Å². The number of Topliss-reactive ketones (excluding diaryl/α,β-unsaturated/α-hetero) is 1. The van der Waals surface area contributed by atoms with Crippen molar-refractivity contribution in [2.24, 2.45) is 45.8 Å². The highest BCUT2D eigenvalue weighted by Gasteiger charge is 2.70. The number of carbonyl (C=O) groups excluding carboxylic acids is 2. The van der Waals surface area contributed by atoms with Crippen LogP contribution in [-0.2, 0) is 14.3 Å². The van der Waals surface area contributed by atoms with Gasteiger partial charge in [0.15, 0.2) is 5.78 Å². The van der Waals surface area contributed by atoms with Crippen molar-refractivity contribution in [3.8, 4) is 0 Å². The van der Waals surface area contributed by atoms with Crippen LogP contribution in [0.2, 0.25) is 0 Å². The predicted molar refractivity (Wildman–Crippen MR) is 118 cm³/mol. The molecule has 0 aromatic rings. The number of aliphatic hydroxyl groups excluding tert-OH is 2. The van der Waals surface area contributed by atoms with Crippen molar-refractivity contribution in [1.29, 1.82) is 0 Å². The molecule has 0 aromatic carbocycles. The van der Waals surface area contributed by atoms with Crippen LogP contribution >= 0.6 is 0 Å². The van der Waals surface area contributed by atoms with Crippen molar-refractivity contribution in [2.45, 2.75) is 97.7 Å². The molecular weight excluding hydrogens is 392 g/mol. The van der Waals surface area contributed by atoms with Gasteiger partial charge in [-0.3, -0.25) is 9.59 Å². The lowest BCUT2D eigenvalue weighted by Gasteiger charge is -2.67. The van der Waals surface area contributed by atoms with E-state index in [1.807, 2.05) is 0 Å². The summed E-state index contributed by atoms with van der Waals surface area (Å²) >= 11 is 0. The maximum atomic E-state index is 13.7. The molecule has 4 fully saturated rings. The quantitative estimate of drug-likeness (QED) is 0.650. The minimum absolute atomic E-state index is 0.0397. The fraction of sp³-hybridized carbons (Fsp3) is 0.923. The molecule has 0 bridgehead atoms. The largest absolute Gasteiger partial charge is 0.469 e. The molecule has 2 N–H and O–H groups in total. The van der Waals surface area contributed by atoms with Gasteiger partial charge in [-0.1, -0.05) is 27.7 Å². The number of carbonyl (C=O) groups is 2. The summed E-state index contributed by atoms with van der Waals surface area (Å²) in [6.07, 6.45) is 6.37. The minimum atomic E-state index is -0.948. The molecule has 4 aliphatic carbocycles. The molecule has 4 saturated carbocycles. The van der Waals surface area contributed by atoms with Gasteiger partial charge in [0.1, 0.15) is 6.10 Å². The lowest BCUT2D eigenvalue weighted by Crippen LogP contribution is -2.67. The summed E-state index contributed by atoms with van der Waals surface area (Å²) in [5, 5.41) is 21.4. The van der Waals surface area contributed by atoms with Crippen molar-refractivity contribution < 1.29 is 24.5 Å². The summed E-state index contributed by atoms with van der Waals surface area (Å²) in [6.45, 7) is 9.24. The average molecular weight is 435 g/mol. The normalized spacial score (nSPS) is 50.2. The molecule has 4 rings (SSSR count). The molecule has 0 aliphatic heterocycles. The lowest BCUT2D eigenvalue weighted by molar-refractivity contribution is -0.213. The summed E-state index contributed by atoms with van der Waals surface area (Å²) in [4.78, 5) is 25.4.